The van der Waals surface area contributed by atoms with E-state index in [4.69, 9.17) is 0 Å². The van der Waals surface area contributed by atoms with E-state index < -0.39 is 0 Å². The molecule has 1 saturated carbocycles. The monoisotopic (exact) mass is 229 g/mol. The van der Waals surface area contributed by atoms with Crippen molar-refractivity contribution in [1.82, 2.24) is 0 Å². The Morgan fingerprint density at radius 1 is 1.35 bits per heavy atom. The maximum Gasteiger partial charge on any atom is 0.234 e. The number of carbonyl (C=O) groups excluding carboxylic acids is 1. The predicted molar refractivity (Wildman–Crippen MR) is 68.7 cm³/mol. The van der Waals surface area contributed by atoms with Gasteiger partial charge in [0.25, 0.3) is 0 Å². The van der Waals surface area contributed by atoms with Crippen molar-refractivity contribution in [2.24, 2.45) is 16.8 Å². The molecule has 90 valence electrons. The quantitative estimate of drug-likeness (QED) is 0.573. The molecule has 0 spiro atoms. The van der Waals surface area contributed by atoms with Crippen LogP contribution < -0.4 is 0 Å². The third kappa shape index (κ3) is 3.04. The number of isocyanates is 1. The standard InChI is InChI=1S/C15H19NO/c1-12-7-8-14(9-12)15(10-16-11-17)13-5-3-2-4-6-13/h2-6,12,14-15H,7-10H2,1H3/t12-,14?,15-/m1/s1. The summed E-state index contributed by atoms with van der Waals surface area (Å²) in [4.78, 5) is 14.1. The van der Waals surface area contributed by atoms with E-state index in [1.54, 1.807) is 6.08 Å². The van der Waals surface area contributed by atoms with E-state index in [1.165, 1.54) is 24.8 Å². The van der Waals surface area contributed by atoms with Crippen LogP contribution >= 0.6 is 0 Å². The van der Waals surface area contributed by atoms with E-state index in [-0.39, 0.29) is 0 Å². The van der Waals surface area contributed by atoms with Gasteiger partial charge in [0.2, 0.25) is 6.08 Å². The highest BCUT2D eigenvalue weighted by molar-refractivity contribution is 5.33. The van der Waals surface area contributed by atoms with Gasteiger partial charge in [0, 0.05) is 5.92 Å². The van der Waals surface area contributed by atoms with Gasteiger partial charge in [-0.2, -0.15) is 0 Å². The molecule has 2 nitrogen and oxygen atoms in total. The van der Waals surface area contributed by atoms with Crippen LogP contribution in [0.5, 0.6) is 0 Å². The molecule has 0 aliphatic heterocycles. The van der Waals surface area contributed by atoms with Crippen LogP contribution in [0, 0.1) is 11.8 Å². The topological polar surface area (TPSA) is 29.4 Å². The van der Waals surface area contributed by atoms with Crippen LogP contribution in [0.3, 0.4) is 0 Å². The van der Waals surface area contributed by atoms with Gasteiger partial charge in [0.15, 0.2) is 0 Å². The average Bonchev–Trinajstić information content (AvgIpc) is 2.78. The van der Waals surface area contributed by atoms with Gasteiger partial charge in [-0.05, 0) is 30.2 Å². The van der Waals surface area contributed by atoms with Crippen LogP contribution in [0.1, 0.15) is 37.7 Å². The van der Waals surface area contributed by atoms with Gasteiger partial charge >= 0.3 is 0 Å². The molecule has 1 aromatic rings. The smallest absolute Gasteiger partial charge is 0.211 e. The van der Waals surface area contributed by atoms with E-state index >= 15 is 0 Å². The fraction of sp³-hybridized carbons (Fsp3) is 0.533. The summed E-state index contributed by atoms with van der Waals surface area (Å²) in [5.74, 6) is 1.87. The van der Waals surface area contributed by atoms with E-state index in [1.807, 2.05) is 6.07 Å². The lowest BCUT2D eigenvalue weighted by Crippen LogP contribution is -2.13. The van der Waals surface area contributed by atoms with Crippen LogP contribution in [-0.4, -0.2) is 12.6 Å². The van der Waals surface area contributed by atoms with Crippen molar-refractivity contribution in [1.29, 1.82) is 0 Å². The van der Waals surface area contributed by atoms with Crippen molar-refractivity contribution in [2.75, 3.05) is 6.54 Å². The number of rotatable bonds is 4. The van der Waals surface area contributed by atoms with Crippen molar-refractivity contribution >= 4 is 6.08 Å². The van der Waals surface area contributed by atoms with Gasteiger partial charge in [0.1, 0.15) is 0 Å². The molecule has 0 bridgehead atoms. The molecule has 0 saturated heterocycles. The molecule has 3 atom stereocenters. The summed E-state index contributed by atoms with van der Waals surface area (Å²) < 4.78 is 0. The summed E-state index contributed by atoms with van der Waals surface area (Å²) in [5.41, 5.74) is 1.31. The Balaban J connectivity index is 2.16. The van der Waals surface area contributed by atoms with Crippen LogP contribution in [0.2, 0.25) is 0 Å². The fourth-order valence-electron chi connectivity index (χ4n) is 2.98. The van der Waals surface area contributed by atoms with Crippen molar-refractivity contribution in [3.63, 3.8) is 0 Å². The highest BCUT2D eigenvalue weighted by atomic mass is 16.1. The van der Waals surface area contributed by atoms with Crippen molar-refractivity contribution in [3.8, 4) is 0 Å². The lowest BCUT2D eigenvalue weighted by molar-refractivity contribution is 0.425. The van der Waals surface area contributed by atoms with Gasteiger partial charge in [0.05, 0.1) is 6.54 Å². The Kier molecular flexibility index (Phi) is 4.11. The van der Waals surface area contributed by atoms with Crippen LogP contribution in [0.15, 0.2) is 35.3 Å². The molecule has 0 heterocycles. The minimum absolute atomic E-state index is 0.391. The molecular formula is C15H19NO. The van der Waals surface area contributed by atoms with Gasteiger partial charge in [-0.25, -0.2) is 9.79 Å². The lowest BCUT2D eigenvalue weighted by Gasteiger charge is -2.21. The summed E-state index contributed by atoms with van der Waals surface area (Å²) in [6, 6.07) is 10.4. The van der Waals surface area contributed by atoms with Gasteiger partial charge in [-0.15, -0.1) is 0 Å². The zero-order valence-electron chi connectivity index (χ0n) is 10.3. The second kappa shape index (κ2) is 5.79. The summed E-state index contributed by atoms with van der Waals surface area (Å²) in [6.45, 7) is 2.90. The Morgan fingerprint density at radius 2 is 2.12 bits per heavy atom. The first kappa shape index (κ1) is 12.1. The zero-order chi connectivity index (χ0) is 12.1. The van der Waals surface area contributed by atoms with E-state index in [0.29, 0.717) is 18.4 Å². The molecule has 1 unspecified atom stereocenters. The van der Waals surface area contributed by atoms with Gasteiger partial charge in [-0.1, -0.05) is 43.7 Å². The van der Waals surface area contributed by atoms with Gasteiger partial charge in [-0.3, -0.25) is 0 Å². The second-order valence-corrected chi connectivity index (χ2v) is 5.13. The molecular weight excluding hydrogens is 210 g/mol. The van der Waals surface area contributed by atoms with Crippen LogP contribution in [0.4, 0.5) is 0 Å². The van der Waals surface area contributed by atoms with E-state index in [9.17, 15) is 4.79 Å². The summed E-state index contributed by atoms with van der Waals surface area (Å²) in [6.07, 6.45) is 5.50. The highest BCUT2D eigenvalue weighted by Crippen LogP contribution is 2.40. The first-order valence-corrected chi connectivity index (χ1v) is 6.40. The Labute approximate surface area is 103 Å². The molecule has 17 heavy (non-hydrogen) atoms. The van der Waals surface area contributed by atoms with Crippen molar-refractivity contribution in [3.05, 3.63) is 35.9 Å². The maximum atomic E-state index is 10.3. The Morgan fingerprint density at radius 3 is 2.71 bits per heavy atom. The first-order chi connectivity index (χ1) is 8.31. The Bertz CT molecular complexity index is 395. The molecule has 0 N–H and O–H groups in total. The molecule has 0 radical (unpaired) electrons. The van der Waals surface area contributed by atoms with Gasteiger partial charge < -0.3 is 0 Å². The molecule has 1 fully saturated rings. The SMILES string of the molecule is C[C@@H]1CCC([C@H](CN=C=O)c2ccccc2)C1. The van der Waals surface area contributed by atoms with Crippen molar-refractivity contribution < 1.29 is 4.79 Å². The maximum absolute atomic E-state index is 10.3. The molecule has 1 aromatic carbocycles. The highest BCUT2D eigenvalue weighted by Gasteiger charge is 2.29. The summed E-state index contributed by atoms with van der Waals surface area (Å²) in [7, 11) is 0. The molecule has 1 aliphatic rings. The molecule has 2 rings (SSSR count). The number of benzene rings is 1. The third-order valence-electron chi connectivity index (χ3n) is 3.88. The minimum atomic E-state index is 0.391. The molecule has 0 amide bonds. The van der Waals surface area contributed by atoms with Crippen LogP contribution in [-0.2, 0) is 4.79 Å². The first-order valence-electron chi connectivity index (χ1n) is 6.40. The largest absolute Gasteiger partial charge is 0.234 e. The molecule has 2 heteroatoms. The average molecular weight is 229 g/mol. The number of hydrogen-bond donors (Lipinski definition) is 0. The lowest BCUT2D eigenvalue weighted by atomic mass is 9.84. The van der Waals surface area contributed by atoms with E-state index in [2.05, 4.69) is 36.2 Å². The fourth-order valence-corrected chi connectivity index (χ4v) is 2.98. The van der Waals surface area contributed by atoms with E-state index in [0.717, 1.165) is 5.92 Å². The van der Waals surface area contributed by atoms with Crippen molar-refractivity contribution in [2.45, 2.75) is 32.1 Å². The summed E-state index contributed by atoms with van der Waals surface area (Å²) in [5, 5.41) is 0. The second-order valence-electron chi connectivity index (χ2n) is 5.13. The minimum Gasteiger partial charge on any atom is -0.211 e. The number of nitrogens with zero attached hydrogens (tertiary/aromatic N) is 1. The zero-order valence-corrected chi connectivity index (χ0v) is 10.3. The normalized spacial score (nSPS) is 25.2. The molecule has 0 aromatic heterocycles. The number of aliphatic imine (C=N–C) groups is 1. The van der Waals surface area contributed by atoms with Crippen LogP contribution in [0.25, 0.3) is 0 Å². The molecule has 1 aliphatic carbocycles. The summed E-state index contributed by atoms with van der Waals surface area (Å²) >= 11 is 0. The Hall–Kier alpha value is -1.40. The third-order valence-corrected chi connectivity index (χ3v) is 3.88. The number of hydrogen-bond acceptors (Lipinski definition) is 2. The predicted octanol–water partition coefficient (Wildman–Crippen LogP) is 3.54.